The van der Waals surface area contributed by atoms with Gasteiger partial charge in [0.05, 0.1) is 12.1 Å². The summed E-state index contributed by atoms with van der Waals surface area (Å²) in [5.41, 5.74) is 0. The maximum Gasteiger partial charge on any atom is 1.00 e. The van der Waals surface area contributed by atoms with Gasteiger partial charge < -0.3 is 9.29 Å². The molecule has 1 aromatic carbocycles. The van der Waals surface area contributed by atoms with E-state index in [9.17, 15) is 8.76 Å². The Morgan fingerprint density at radius 2 is 2.15 bits per heavy atom. The van der Waals surface area contributed by atoms with Gasteiger partial charge >= 0.3 is 29.6 Å². The van der Waals surface area contributed by atoms with E-state index in [2.05, 4.69) is 0 Å². The van der Waals surface area contributed by atoms with Crippen LogP contribution in [0.4, 0.5) is 0 Å². The topological polar surface area (TPSA) is 49.4 Å². The molecule has 0 aliphatic heterocycles. The molecule has 0 aliphatic carbocycles. The first-order valence-electron chi connectivity index (χ1n) is 3.08. The molecule has 1 rings (SSSR count). The molecule has 0 saturated carbocycles. The molecule has 1 aromatic rings. The standard InChI is InChI=1S/C7H7ClO3S.Na/c1-11-5-2-3-6(8)7(4-5)12(9)10;/h2-4H,1H3,(H,9,10);/q;+1/p-1. The largest absolute Gasteiger partial charge is 1.00 e. The van der Waals surface area contributed by atoms with Crippen LogP contribution in [0.3, 0.4) is 0 Å². The Kier molecular flexibility index (Phi) is 6.20. The van der Waals surface area contributed by atoms with Gasteiger partial charge in [0, 0.05) is 4.90 Å². The first-order valence-corrected chi connectivity index (χ1v) is 4.53. The molecule has 0 fully saturated rings. The fourth-order valence-electron chi connectivity index (χ4n) is 0.738. The van der Waals surface area contributed by atoms with Crippen LogP contribution in [0, 0.1) is 0 Å². The molecule has 0 N–H and O–H groups in total. The van der Waals surface area contributed by atoms with Crippen molar-refractivity contribution in [3.05, 3.63) is 23.2 Å². The molecule has 13 heavy (non-hydrogen) atoms. The van der Waals surface area contributed by atoms with Gasteiger partial charge in [-0.2, -0.15) is 0 Å². The van der Waals surface area contributed by atoms with Crippen molar-refractivity contribution < 1.29 is 43.1 Å². The number of methoxy groups -OCH3 is 1. The number of rotatable bonds is 2. The molecule has 0 amide bonds. The van der Waals surface area contributed by atoms with Crippen LogP contribution >= 0.6 is 11.6 Å². The van der Waals surface area contributed by atoms with Gasteiger partial charge in [-0.05, 0) is 29.3 Å². The van der Waals surface area contributed by atoms with E-state index in [1.165, 1.54) is 19.2 Å². The van der Waals surface area contributed by atoms with Crippen molar-refractivity contribution in [1.29, 1.82) is 0 Å². The molecular weight excluding hydrogens is 223 g/mol. The molecule has 1 atom stereocenters. The number of hydrogen-bond acceptors (Lipinski definition) is 3. The summed E-state index contributed by atoms with van der Waals surface area (Å²) in [4.78, 5) is 0.0519. The van der Waals surface area contributed by atoms with E-state index in [1.807, 2.05) is 0 Å². The second-order valence-corrected chi connectivity index (χ2v) is 3.35. The van der Waals surface area contributed by atoms with Gasteiger partial charge in [0.1, 0.15) is 5.75 Å². The van der Waals surface area contributed by atoms with Crippen LogP contribution in [0.2, 0.25) is 5.02 Å². The smallest absolute Gasteiger partial charge is 0.768 e. The summed E-state index contributed by atoms with van der Waals surface area (Å²) in [5.74, 6) is 0.471. The molecule has 0 aromatic heterocycles. The van der Waals surface area contributed by atoms with Gasteiger partial charge in [0.2, 0.25) is 0 Å². The van der Waals surface area contributed by atoms with E-state index in [1.54, 1.807) is 6.07 Å². The normalized spacial score (nSPS) is 11.6. The Morgan fingerprint density at radius 1 is 1.54 bits per heavy atom. The quantitative estimate of drug-likeness (QED) is 0.462. The average Bonchev–Trinajstić information content (AvgIpc) is 2.05. The summed E-state index contributed by atoms with van der Waals surface area (Å²) in [7, 11) is 1.46. The van der Waals surface area contributed by atoms with E-state index < -0.39 is 11.1 Å². The second kappa shape index (κ2) is 6.01. The molecule has 0 aliphatic rings. The van der Waals surface area contributed by atoms with Crippen LogP contribution < -0.4 is 34.3 Å². The zero-order chi connectivity index (χ0) is 9.14. The third kappa shape index (κ3) is 3.58. The summed E-state index contributed by atoms with van der Waals surface area (Å²) in [6.07, 6.45) is 0. The number of hydrogen-bond donors (Lipinski definition) is 0. The Hall–Kier alpha value is 0.420. The predicted molar refractivity (Wildman–Crippen MR) is 45.2 cm³/mol. The average molecular weight is 229 g/mol. The Morgan fingerprint density at radius 3 is 2.62 bits per heavy atom. The van der Waals surface area contributed by atoms with Gasteiger partial charge in [-0.25, -0.2) is 0 Å². The van der Waals surface area contributed by atoms with Crippen molar-refractivity contribution in [3.8, 4) is 5.75 Å². The molecule has 1 unspecified atom stereocenters. The molecule has 0 heterocycles. The SMILES string of the molecule is COc1ccc(Cl)c(S(=O)[O-])c1.[Na+]. The van der Waals surface area contributed by atoms with E-state index in [4.69, 9.17) is 16.3 Å². The summed E-state index contributed by atoms with van der Waals surface area (Å²) < 4.78 is 25.9. The van der Waals surface area contributed by atoms with Crippen LogP contribution in [-0.2, 0) is 11.1 Å². The van der Waals surface area contributed by atoms with Crippen molar-refractivity contribution in [2.75, 3.05) is 7.11 Å². The minimum absolute atomic E-state index is 0. The predicted octanol–water partition coefficient (Wildman–Crippen LogP) is -1.41. The molecule has 0 bridgehead atoms. The van der Waals surface area contributed by atoms with Crippen molar-refractivity contribution in [2.45, 2.75) is 4.90 Å². The van der Waals surface area contributed by atoms with Gasteiger partial charge in [-0.3, -0.25) is 4.21 Å². The number of benzene rings is 1. The fraction of sp³-hybridized carbons (Fsp3) is 0.143. The molecule has 0 spiro atoms. The van der Waals surface area contributed by atoms with E-state index >= 15 is 0 Å². The first kappa shape index (κ1) is 13.4. The molecular formula is C7H6ClNaO3S. The fourth-order valence-corrected chi connectivity index (χ4v) is 1.48. The second-order valence-electron chi connectivity index (χ2n) is 2.03. The van der Waals surface area contributed by atoms with Crippen molar-refractivity contribution in [3.63, 3.8) is 0 Å². The first-order chi connectivity index (χ1) is 5.65. The monoisotopic (exact) mass is 228 g/mol. The van der Waals surface area contributed by atoms with Gasteiger partial charge in [0.25, 0.3) is 0 Å². The molecule has 3 nitrogen and oxygen atoms in total. The maximum absolute atomic E-state index is 10.5. The zero-order valence-corrected chi connectivity index (χ0v) is 10.8. The van der Waals surface area contributed by atoms with E-state index in [0.29, 0.717) is 5.75 Å². The van der Waals surface area contributed by atoms with Crippen molar-refractivity contribution >= 4 is 22.7 Å². The van der Waals surface area contributed by atoms with Crippen LogP contribution in [0.5, 0.6) is 5.75 Å². The molecule has 0 saturated heterocycles. The summed E-state index contributed by atoms with van der Waals surface area (Å²) >= 11 is 3.29. The minimum Gasteiger partial charge on any atom is -0.768 e. The Bertz CT molecular complexity index is 319. The zero-order valence-electron chi connectivity index (χ0n) is 7.24. The minimum atomic E-state index is -2.31. The summed E-state index contributed by atoms with van der Waals surface area (Å²) in [5, 5.41) is 0.198. The molecule has 0 radical (unpaired) electrons. The van der Waals surface area contributed by atoms with Gasteiger partial charge in [-0.1, -0.05) is 11.6 Å². The third-order valence-corrected chi connectivity index (χ3v) is 2.46. The number of halogens is 1. The van der Waals surface area contributed by atoms with Gasteiger partial charge in [0.15, 0.2) is 0 Å². The van der Waals surface area contributed by atoms with Crippen LogP contribution in [0.1, 0.15) is 0 Å². The third-order valence-electron chi connectivity index (χ3n) is 1.32. The van der Waals surface area contributed by atoms with Crippen LogP contribution in [0.25, 0.3) is 0 Å². The van der Waals surface area contributed by atoms with Crippen molar-refractivity contribution in [2.24, 2.45) is 0 Å². The molecule has 66 valence electrons. The van der Waals surface area contributed by atoms with Crippen LogP contribution in [-0.4, -0.2) is 15.9 Å². The Balaban J connectivity index is 0.00000144. The summed E-state index contributed by atoms with van der Waals surface area (Å²) in [6, 6.07) is 4.44. The van der Waals surface area contributed by atoms with Crippen molar-refractivity contribution in [1.82, 2.24) is 0 Å². The van der Waals surface area contributed by atoms with Gasteiger partial charge in [-0.15, -0.1) is 0 Å². The Labute approximate surface area is 106 Å². The van der Waals surface area contributed by atoms with E-state index in [0.717, 1.165) is 0 Å². The van der Waals surface area contributed by atoms with E-state index in [-0.39, 0.29) is 39.5 Å². The summed E-state index contributed by atoms with van der Waals surface area (Å²) in [6.45, 7) is 0. The maximum atomic E-state index is 10.5. The van der Waals surface area contributed by atoms with Crippen LogP contribution in [0.15, 0.2) is 23.1 Å². The molecule has 6 heteroatoms. The number of ether oxygens (including phenoxy) is 1.